The number of likely N-dealkylation sites (tertiary alicyclic amines) is 1. The first kappa shape index (κ1) is 13.1. The molecule has 0 N–H and O–H groups in total. The van der Waals surface area contributed by atoms with Crippen LogP contribution in [0.4, 0.5) is 0 Å². The molecule has 2 fully saturated rings. The van der Waals surface area contributed by atoms with Crippen molar-refractivity contribution >= 4 is 5.78 Å². The van der Waals surface area contributed by atoms with Crippen LogP contribution in [0.25, 0.3) is 0 Å². The third kappa shape index (κ3) is 2.05. The fourth-order valence-electron chi connectivity index (χ4n) is 3.56. The van der Waals surface area contributed by atoms with E-state index in [1.807, 2.05) is 20.8 Å². The van der Waals surface area contributed by atoms with Crippen LogP contribution >= 0.6 is 0 Å². The van der Waals surface area contributed by atoms with Crippen molar-refractivity contribution in [2.24, 2.45) is 17.3 Å². The van der Waals surface area contributed by atoms with Crippen LogP contribution in [-0.2, 0) is 4.79 Å². The average Bonchev–Trinajstić information content (AvgIpc) is 2.62. The quantitative estimate of drug-likeness (QED) is 0.698. The van der Waals surface area contributed by atoms with Crippen molar-refractivity contribution < 1.29 is 4.79 Å². The van der Waals surface area contributed by atoms with E-state index in [4.69, 9.17) is 0 Å². The van der Waals surface area contributed by atoms with Crippen LogP contribution in [0, 0.1) is 17.3 Å². The zero-order valence-electron chi connectivity index (χ0n) is 12.4. The largest absolute Gasteiger partial charge is 0.297 e. The van der Waals surface area contributed by atoms with Crippen LogP contribution in [0.5, 0.6) is 0 Å². The lowest BCUT2D eigenvalue weighted by atomic mass is 9.83. The van der Waals surface area contributed by atoms with Gasteiger partial charge in [-0.15, -0.1) is 0 Å². The SMILES string of the molecule is C[C@H]1[C@H]2C[C@@H](C(=O)C(C)(C)C)N(C(C)(C)C)[C@@H]12. The van der Waals surface area contributed by atoms with E-state index in [1.165, 1.54) is 0 Å². The molecule has 0 aromatic rings. The van der Waals surface area contributed by atoms with Gasteiger partial charge in [0.15, 0.2) is 5.78 Å². The highest BCUT2D eigenvalue weighted by molar-refractivity contribution is 5.89. The Labute approximate surface area is 106 Å². The van der Waals surface area contributed by atoms with Gasteiger partial charge in [-0.1, -0.05) is 27.7 Å². The molecule has 2 aliphatic rings. The van der Waals surface area contributed by atoms with Gasteiger partial charge in [0, 0.05) is 17.0 Å². The van der Waals surface area contributed by atoms with E-state index in [9.17, 15) is 4.79 Å². The number of carbonyl (C=O) groups excluding carboxylic acids is 1. The maximum absolute atomic E-state index is 12.6. The molecular formula is C15H27NO. The lowest BCUT2D eigenvalue weighted by Crippen LogP contribution is -2.53. The number of fused-ring (bicyclic) bond motifs is 1. The average molecular weight is 237 g/mol. The van der Waals surface area contributed by atoms with Crippen LogP contribution in [0.3, 0.4) is 0 Å². The minimum atomic E-state index is -0.214. The minimum absolute atomic E-state index is 0.107. The molecule has 0 unspecified atom stereocenters. The molecule has 1 saturated carbocycles. The Balaban J connectivity index is 2.23. The lowest BCUT2D eigenvalue weighted by Gasteiger charge is -2.41. The van der Waals surface area contributed by atoms with Gasteiger partial charge in [-0.2, -0.15) is 0 Å². The van der Waals surface area contributed by atoms with Crippen molar-refractivity contribution in [3.63, 3.8) is 0 Å². The third-order valence-electron chi connectivity index (χ3n) is 4.48. The summed E-state index contributed by atoms with van der Waals surface area (Å²) in [4.78, 5) is 15.1. The van der Waals surface area contributed by atoms with Gasteiger partial charge in [0.05, 0.1) is 6.04 Å². The van der Waals surface area contributed by atoms with Gasteiger partial charge in [-0.05, 0) is 39.0 Å². The van der Waals surface area contributed by atoms with Crippen molar-refractivity contribution in [3.8, 4) is 0 Å². The summed E-state index contributed by atoms with van der Waals surface area (Å²) in [5.74, 6) is 1.98. The first-order valence-electron chi connectivity index (χ1n) is 6.88. The lowest BCUT2D eigenvalue weighted by molar-refractivity contribution is -0.133. The van der Waals surface area contributed by atoms with Crippen molar-refractivity contribution in [1.29, 1.82) is 0 Å². The van der Waals surface area contributed by atoms with Crippen LogP contribution in [0.15, 0.2) is 0 Å². The fraction of sp³-hybridized carbons (Fsp3) is 0.933. The van der Waals surface area contributed by atoms with Gasteiger partial charge in [0.1, 0.15) is 0 Å². The molecule has 1 aliphatic heterocycles. The molecule has 0 aromatic carbocycles. The molecule has 0 amide bonds. The van der Waals surface area contributed by atoms with Crippen molar-refractivity contribution in [2.45, 2.75) is 72.5 Å². The second kappa shape index (κ2) is 3.57. The summed E-state index contributed by atoms with van der Waals surface area (Å²) in [6.45, 7) is 15.2. The molecular weight excluding hydrogens is 210 g/mol. The van der Waals surface area contributed by atoms with E-state index >= 15 is 0 Å². The van der Waals surface area contributed by atoms with Gasteiger partial charge in [-0.3, -0.25) is 9.69 Å². The van der Waals surface area contributed by atoms with Gasteiger partial charge in [0.2, 0.25) is 0 Å². The molecule has 0 spiro atoms. The van der Waals surface area contributed by atoms with E-state index in [0.29, 0.717) is 11.8 Å². The first-order chi connectivity index (χ1) is 7.55. The summed E-state index contributed by atoms with van der Waals surface area (Å²) in [6, 6.07) is 0.812. The molecule has 98 valence electrons. The van der Waals surface area contributed by atoms with Crippen LogP contribution in [0.2, 0.25) is 0 Å². The Morgan fingerprint density at radius 1 is 1.12 bits per heavy atom. The Hall–Kier alpha value is -0.370. The van der Waals surface area contributed by atoms with E-state index in [1.54, 1.807) is 0 Å². The highest BCUT2D eigenvalue weighted by Crippen LogP contribution is 2.56. The predicted molar refractivity (Wildman–Crippen MR) is 70.9 cm³/mol. The molecule has 2 rings (SSSR count). The monoisotopic (exact) mass is 237 g/mol. The summed E-state index contributed by atoms with van der Waals surface area (Å²) in [7, 11) is 0. The maximum Gasteiger partial charge on any atom is 0.155 e. The van der Waals surface area contributed by atoms with Crippen LogP contribution in [-0.4, -0.2) is 28.3 Å². The second-order valence-electron chi connectivity index (χ2n) is 7.96. The fourth-order valence-corrected chi connectivity index (χ4v) is 3.56. The van der Waals surface area contributed by atoms with Gasteiger partial charge in [-0.25, -0.2) is 0 Å². The molecule has 0 aromatic heterocycles. The molecule has 1 saturated heterocycles. The first-order valence-corrected chi connectivity index (χ1v) is 6.88. The van der Waals surface area contributed by atoms with E-state index in [2.05, 4.69) is 32.6 Å². The Morgan fingerprint density at radius 3 is 2.06 bits per heavy atom. The van der Waals surface area contributed by atoms with Gasteiger partial charge in [0.25, 0.3) is 0 Å². The molecule has 1 aliphatic carbocycles. The Bertz CT molecular complexity index is 334. The Morgan fingerprint density at radius 2 is 1.65 bits per heavy atom. The minimum Gasteiger partial charge on any atom is -0.297 e. The number of hydrogen-bond donors (Lipinski definition) is 0. The smallest absolute Gasteiger partial charge is 0.155 e. The van der Waals surface area contributed by atoms with Gasteiger partial charge >= 0.3 is 0 Å². The number of carbonyl (C=O) groups is 1. The highest BCUT2D eigenvalue weighted by atomic mass is 16.1. The molecule has 2 nitrogen and oxygen atoms in total. The number of Topliss-reactive ketones (excluding diaryl/α,β-unsaturated/α-hetero) is 1. The molecule has 0 radical (unpaired) electrons. The van der Waals surface area contributed by atoms with E-state index < -0.39 is 0 Å². The number of rotatable bonds is 1. The molecule has 17 heavy (non-hydrogen) atoms. The normalized spacial score (nSPS) is 38.1. The van der Waals surface area contributed by atoms with Crippen LogP contribution in [0.1, 0.15) is 54.9 Å². The predicted octanol–water partition coefficient (Wildman–Crippen LogP) is 3.11. The summed E-state index contributed by atoms with van der Waals surface area (Å²) >= 11 is 0. The summed E-state index contributed by atoms with van der Waals surface area (Å²) < 4.78 is 0. The summed E-state index contributed by atoms with van der Waals surface area (Å²) in [6.07, 6.45) is 1.08. The number of ketones is 1. The number of nitrogens with zero attached hydrogens (tertiary/aromatic N) is 1. The Kier molecular flexibility index (Phi) is 2.74. The molecule has 2 heteroatoms. The molecule has 4 atom stereocenters. The maximum atomic E-state index is 12.6. The van der Waals surface area contributed by atoms with Crippen LogP contribution < -0.4 is 0 Å². The zero-order chi connectivity index (χ0) is 13.2. The van der Waals surface area contributed by atoms with Crippen molar-refractivity contribution in [2.75, 3.05) is 0 Å². The third-order valence-corrected chi connectivity index (χ3v) is 4.48. The highest BCUT2D eigenvalue weighted by Gasteiger charge is 2.62. The second-order valence-corrected chi connectivity index (χ2v) is 7.96. The molecule has 0 bridgehead atoms. The summed E-state index contributed by atoms with van der Waals surface area (Å²) in [5.41, 5.74) is -0.107. The van der Waals surface area contributed by atoms with Crippen molar-refractivity contribution in [1.82, 2.24) is 4.90 Å². The van der Waals surface area contributed by atoms with Crippen molar-refractivity contribution in [3.05, 3.63) is 0 Å². The standard InChI is InChI=1S/C15H27NO/c1-9-10-8-11(13(17)14(2,3)4)16(12(9)10)15(5,6)7/h9-12H,8H2,1-7H3/t9-,10+,11-,12-/m0/s1. The van der Waals surface area contributed by atoms with E-state index in [0.717, 1.165) is 18.3 Å². The topological polar surface area (TPSA) is 20.3 Å². The molecule has 1 heterocycles. The number of piperidine rings is 1. The zero-order valence-corrected chi connectivity index (χ0v) is 12.4. The van der Waals surface area contributed by atoms with E-state index in [-0.39, 0.29) is 17.0 Å². The summed E-state index contributed by atoms with van der Waals surface area (Å²) in [5, 5.41) is 0. The van der Waals surface area contributed by atoms with Gasteiger partial charge < -0.3 is 0 Å². The number of hydrogen-bond acceptors (Lipinski definition) is 2.